The number of rotatable bonds is 3. The number of pyridine rings is 1. The Bertz CT molecular complexity index is 901. The van der Waals surface area contributed by atoms with E-state index in [4.69, 9.17) is 0 Å². The molecule has 4 rings (SSSR count). The average Bonchev–Trinajstić information content (AvgIpc) is 3.11. The maximum atomic E-state index is 12.8. The van der Waals surface area contributed by atoms with Crippen molar-refractivity contribution in [2.24, 2.45) is 0 Å². The maximum absolute atomic E-state index is 12.8. The number of nitrogens with zero attached hydrogens (tertiary/aromatic N) is 4. The number of carbonyl (C=O) groups is 1. The van der Waals surface area contributed by atoms with Crippen molar-refractivity contribution in [1.82, 2.24) is 19.7 Å². The first-order chi connectivity index (χ1) is 12.3. The molecule has 1 aliphatic heterocycles. The van der Waals surface area contributed by atoms with E-state index >= 15 is 0 Å². The fraction of sp³-hybridized carbons (Fsp3) is 0.250. The van der Waals surface area contributed by atoms with Crippen molar-refractivity contribution in [3.05, 3.63) is 77.4 Å². The van der Waals surface area contributed by atoms with E-state index in [1.807, 2.05) is 65.2 Å². The number of aromatic nitrogens is 3. The van der Waals surface area contributed by atoms with Crippen LogP contribution in [0, 0.1) is 0 Å². The normalized spacial score (nSPS) is 13.6. The molecule has 0 spiro atoms. The van der Waals surface area contributed by atoms with Crippen molar-refractivity contribution in [2.75, 3.05) is 6.54 Å². The molecule has 0 atom stereocenters. The zero-order valence-corrected chi connectivity index (χ0v) is 14.2. The molecule has 1 amide bonds. The first-order valence-electron chi connectivity index (χ1n) is 8.62. The topological polar surface area (TPSA) is 51.0 Å². The summed E-state index contributed by atoms with van der Waals surface area (Å²) in [5, 5.41) is 4.53. The van der Waals surface area contributed by atoms with Gasteiger partial charge in [0, 0.05) is 30.8 Å². The minimum atomic E-state index is -0.00610. The van der Waals surface area contributed by atoms with E-state index in [-0.39, 0.29) is 5.91 Å². The lowest BCUT2D eigenvalue weighted by molar-refractivity contribution is 0.0727. The Labute approximate surface area is 146 Å². The summed E-state index contributed by atoms with van der Waals surface area (Å²) in [6, 6.07) is 15.8. The number of fused-ring (bicyclic) bond motifs is 1. The molecule has 0 saturated heterocycles. The van der Waals surface area contributed by atoms with Crippen LogP contribution in [0.15, 0.2) is 54.7 Å². The number of para-hydroxylation sites is 1. The van der Waals surface area contributed by atoms with Crippen molar-refractivity contribution >= 4 is 5.91 Å². The van der Waals surface area contributed by atoms with Gasteiger partial charge in [-0.3, -0.25) is 4.79 Å². The van der Waals surface area contributed by atoms with Gasteiger partial charge >= 0.3 is 0 Å². The summed E-state index contributed by atoms with van der Waals surface area (Å²) in [4.78, 5) is 19.1. The fourth-order valence-corrected chi connectivity index (χ4v) is 3.25. The van der Waals surface area contributed by atoms with Gasteiger partial charge in [-0.2, -0.15) is 5.10 Å². The molecule has 1 aliphatic rings. The van der Waals surface area contributed by atoms with Crippen LogP contribution in [-0.4, -0.2) is 32.1 Å². The molecule has 0 unspecified atom stereocenters. The van der Waals surface area contributed by atoms with Gasteiger partial charge in [0.15, 0.2) is 0 Å². The van der Waals surface area contributed by atoms with Crippen molar-refractivity contribution < 1.29 is 4.79 Å². The number of benzene rings is 1. The third kappa shape index (κ3) is 2.93. The Hall–Kier alpha value is -2.95. The highest BCUT2D eigenvalue weighted by molar-refractivity contribution is 5.92. The molecule has 5 heteroatoms. The SMILES string of the molecule is CCc1cccc(C(=O)N2CCc3c(cnn3-c3ccccc3)C2)n1. The summed E-state index contributed by atoms with van der Waals surface area (Å²) >= 11 is 0. The lowest BCUT2D eigenvalue weighted by Crippen LogP contribution is -2.36. The van der Waals surface area contributed by atoms with Gasteiger partial charge in [0.2, 0.25) is 0 Å². The van der Waals surface area contributed by atoms with Gasteiger partial charge in [0.25, 0.3) is 5.91 Å². The summed E-state index contributed by atoms with van der Waals surface area (Å²) in [6.07, 6.45) is 3.50. The monoisotopic (exact) mass is 332 g/mol. The van der Waals surface area contributed by atoms with Crippen molar-refractivity contribution in [3.63, 3.8) is 0 Å². The lowest BCUT2D eigenvalue weighted by Gasteiger charge is -2.27. The molecule has 0 aliphatic carbocycles. The number of aryl methyl sites for hydroxylation is 1. The van der Waals surface area contributed by atoms with E-state index in [1.165, 1.54) is 5.69 Å². The zero-order chi connectivity index (χ0) is 17.2. The Morgan fingerprint density at radius 1 is 1.12 bits per heavy atom. The molecule has 2 aromatic heterocycles. The van der Waals surface area contributed by atoms with E-state index in [9.17, 15) is 4.79 Å². The summed E-state index contributed by atoms with van der Waals surface area (Å²) in [5.74, 6) is -0.00610. The van der Waals surface area contributed by atoms with Crippen LogP contribution in [0.25, 0.3) is 5.69 Å². The Kier molecular flexibility index (Phi) is 4.06. The van der Waals surface area contributed by atoms with E-state index in [1.54, 1.807) is 6.07 Å². The van der Waals surface area contributed by atoms with Gasteiger partial charge in [-0.15, -0.1) is 0 Å². The first-order valence-corrected chi connectivity index (χ1v) is 8.62. The average molecular weight is 332 g/mol. The number of hydrogen-bond acceptors (Lipinski definition) is 3. The molecule has 0 bridgehead atoms. The van der Waals surface area contributed by atoms with Crippen LogP contribution in [0.5, 0.6) is 0 Å². The zero-order valence-electron chi connectivity index (χ0n) is 14.2. The van der Waals surface area contributed by atoms with E-state index in [2.05, 4.69) is 10.1 Å². The largest absolute Gasteiger partial charge is 0.332 e. The Balaban J connectivity index is 1.57. The molecule has 0 N–H and O–H groups in total. The summed E-state index contributed by atoms with van der Waals surface area (Å²) < 4.78 is 1.98. The highest BCUT2D eigenvalue weighted by Gasteiger charge is 2.25. The lowest BCUT2D eigenvalue weighted by atomic mass is 10.1. The van der Waals surface area contributed by atoms with Gasteiger partial charge in [0.05, 0.1) is 17.6 Å². The molecule has 5 nitrogen and oxygen atoms in total. The van der Waals surface area contributed by atoms with Crippen LogP contribution in [-0.2, 0) is 19.4 Å². The minimum Gasteiger partial charge on any atom is -0.332 e. The third-order valence-electron chi connectivity index (χ3n) is 4.61. The van der Waals surface area contributed by atoms with Crippen molar-refractivity contribution in [1.29, 1.82) is 0 Å². The molecule has 0 radical (unpaired) electrons. The third-order valence-corrected chi connectivity index (χ3v) is 4.61. The second kappa shape index (κ2) is 6.51. The molecule has 3 heterocycles. The molecule has 0 fully saturated rings. The van der Waals surface area contributed by atoms with Crippen molar-refractivity contribution in [2.45, 2.75) is 26.3 Å². The quantitative estimate of drug-likeness (QED) is 0.741. The second-order valence-electron chi connectivity index (χ2n) is 6.21. The molecular formula is C20H20N4O. The first kappa shape index (κ1) is 15.6. The molecule has 126 valence electrons. The summed E-state index contributed by atoms with van der Waals surface area (Å²) in [5.41, 5.74) is 4.82. The predicted octanol–water partition coefficient (Wildman–Crippen LogP) is 3.03. The Morgan fingerprint density at radius 3 is 2.76 bits per heavy atom. The van der Waals surface area contributed by atoms with Crippen LogP contribution in [0.2, 0.25) is 0 Å². The highest BCUT2D eigenvalue weighted by atomic mass is 16.2. The minimum absolute atomic E-state index is 0.00610. The van der Waals surface area contributed by atoms with Gasteiger partial charge < -0.3 is 4.90 Å². The standard InChI is InChI=1S/C20H20N4O/c1-2-16-7-6-10-18(22-16)20(25)23-12-11-19-15(14-23)13-21-24(19)17-8-4-3-5-9-17/h3-10,13H,2,11-12,14H2,1H3. The van der Waals surface area contributed by atoms with Crippen LogP contribution in [0.3, 0.4) is 0 Å². The second-order valence-corrected chi connectivity index (χ2v) is 6.21. The molecule has 0 saturated carbocycles. The molecule has 25 heavy (non-hydrogen) atoms. The summed E-state index contributed by atoms with van der Waals surface area (Å²) in [7, 11) is 0. The number of carbonyl (C=O) groups excluding carboxylic acids is 1. The van der Waals surface area contributed by atoms with Crippen LogP contribution in [0.1, 0.15) is 34.4 Å². The fourth-order valence-electron chi connectivity index (χ4n) is 3.25. The van der Waals surface area contributed by atoms with Crippen molar-refractivity contribution in [3.8, 4) is 5.69 Å². The Morgan fingerprint density at radius 2 is 1.96 bits per heavy atom. The number of amides is 1. The van der Waals surface area contributed by atoms with E-state index < -0.39 is 0 Å². The van der Waals surface area contributed by atoms with Crippen LogP contribution >= 0.6 is 0 Å². The van der Waals surface area contributed by atoms with E-state index in [0.29, 0.717) is 18.8 Å². The summed E-state index contributed by atoms with van der Waals surface area (Å²) in [6.45, 7) is 3.31. The van der Waals surface area contributed by atoms with Crippen LogP contribution in [0.4, 0.5) is 0 Å². The number of hydrogen-bond donors (Lipinski definition) is 0. The van der Waals surface area contributed by atoms with Gasteiger partial charge in [-0.05, 0) is 30.7 Å². The maximum Gasteiger partial charge on any atom is 0.272 e. The predicted molar refractivity (Wildman–Crippen MR) is 95.6 cm³/mol. The van der Waals surface area contributed by atoms with Crippen LogP contribution < -0.4 is 0 Å². The van der Waals surface area contributed by atoms with E-state index in [0.717, 1.165) is 29.8 Å². The van der Waals surface area contributed by atoms with Gasteiger partial charge in [0.1, 0.15) is 5.69 Å². The smallest absolute Gasteiger partial charge is 0.272 e. The molecule has 1 aromatic carbocycles. The highest BCUT2D eigenvalue weighted by Crippen LogP contribution is 2.22. The molecular weight excluding hydrogens is 312 g/mol. The van der Waals surface area contributed by atoms with Gasteiger partial charge in [-0.1, -0.05) is 31.2 Å². The molecule has 3 aromatic rings. The van der Waals surface area contributed by atoms with Gasteiger partial charge in [-0.25, -0.2) is 9.67 Å².